The lowest BCUT2D eigenvalue weighted by Crippen LogP contribution is -2.66. The maximum Gasteiger partial charge on any atom is 0.187 e. The third kappa shape index (κ3) is 8.45. The Bertz CT molecular complexity index is 654. The minimum absolute atomic E-state index is 0.182. The SMILES string of the molecule is CCCCO[C@@H]1OC(CO)[C@H](O)[C@H](O[C@@H]2OC(CO)[C@H](O)[C@H](O)C2O)C1O[C@H](OC(C)[C@@H](O)CO)C(C)O. The molecule has 2 saturated heterocycles. The number of ether oxygens (including phenoxy) is 6. The lowest BCUT2D eigenvalue weighted by molar-refractivity contribution is -0.382. The third-order valence-corrected chi connectivity index (χ3v) is 6.48. The molecular weight excluding hydrogens is 516 g/mol. The molecule has 0 spiro atoms. The highest BCUT2D eigenvalue weighted by atomic mass is 16.8. The first kappa shape index (κ1) is 33.6. The molecule has 2 aliphatic heterocycles. The second-order valence-electron chi connectivity index (χ2n) is 9.54. The number of unbranched alkanes of at least 4 members (excludes halogenated alkanes) is 1. The van der Waals surface area contributed by atoms with Gasteiger partial charge in [-0.3, -0.25) is 0 Å². The van der Waals surface area contributed by atoms with Crippen LogP contribution in [-0.2, 0) is 28.4 Å². The molecule has 0 bridgehead atoms. The molecule has 0 aliphatic carbocycles. The topological polar surface area (TPSA) is 237 Å². The van der Waals surface area contributed by atoms with E-state index in [2.05, 4.69) is 0 Å². The Labute approximate surface area is 221 Å². The van der Waals surface area contributed by atoms with Gasteiger partial charge >= 0.3 is 0 Å². The van der Waals surface area contributed by atoms with Gasteiger partial charge in [-0.15, -0.1) is 0 Å². The van der Waals surface area contributed by atoms with E-state index in [4.69, 9.17) is 28.4 Å². The quantitative estimate of drug-likeness (QED) is 0.0684. The fourth-order valence-electron chi connectivity index (χ4n) is 4.02. The van der Waals surface area contributed by atoms with E-state index in [9.17, 15) is 46.0 Å². The van der Waals surface area contributed by atoms with E-state index in [0.717, 1.165) is 6.42 Å². The smallest absolute Gasteiger partial charge is 0.187 e. The summed E-state index contributed by atoms with van der Waals surface area (Å²) in [6.45, 7) is 2.88. The van der Waals surface area contributed by atoms with Crippen molar-refractivity contribution in [3.8, 4) is 0 Å². The summed E-state index contributed by atoms with van der Waals surface area (Å²) >= 11 is 0. The van der Waals surface area contributed by atoms with Crippen molar-refractivity contribution in [2.75, 3.05) is 26.4 Å². The van der Waals surface area contributed by atoms with E-state index in [0.29, 0.717) is 6.42 Å². The number of aliphatic hydroxyl groups is 9. The highest BCUT2D eigenvalue weighted by molar-refractivity contribution is 4.95. The molecule has 15 heteroatoms. The Morgan fingerprint density at radius 1 is 0.789 bits per heavy atom. The monoisotopic (exact) mass is 560 g/mol. The number of hydrogen-bond acceptors (Lipinski definition) is 15. The number of rotatable bonds is 15. The van der Waals surface area contributed by atoms with Crippen molar-refractivity contribution < 1.29 is 74.4 Å². The van der Waals surface area contributed by atoms with Crippen molar-refractivity contribution in [3.05, 3.63) is 0 Å². The molecule has 2 heterocycles. The van der Waals surface area contributed by atoms with Gasteiger partial charge in [0, 0.05) is 6.61 Å². The molecule has 0 radical (unpaired) electrons. The lowest BCUT2D eigenvalue weighted by Gasteiger charge is -2.48. The molecule has 0 aromatic heterocycles. The van der Waals surface area contributed by atoms with Crippen molar-refractivity contribution >= 4 is 0 Å². The third-order valence-electron chi connectivity index (χ3n) is 6.48. The zero-order valence-corrected chi connectivity index (χ0v) is 21.8. The van der Waals surface area contributed by atoms with Gasteiger partial charge in [0.05, 0.1) is 25.9 Å². The largest absolute Gasteiger partial charge is 0.394 e. The van der Waals surface area contributed by atoms with Crippen LogP contribution in [0.1, 0.15) is 33.6 Å². The highest BCUT2D eigenvalue weighted by Crippen LogP contribution is 2.32. The van der Waals surface area contributed by atoms with E-state index >= 15 is 0 Å². The van der Waals surface area contributed by atoms with Crippen LogP contribution >= 0.6 is 0 Å². The maximum absolute atomic E-state index is 11.0. The van der Waals surface area contributed by atoms with Gasteiger partial charge in [-0.1, -0.05) is 13.3 Å². The van der Waals surface area contributed by atoms with Crippen molar-refractivity contribution in [1.82, 2.24) is 0 Å². The van der Waals surface area contributed by atoms with Gasteiger partial charge in [0.2, 0.25) is 0 Å². The summed E-state index contributed by atoms with van der Waals surface area (Å²) in [5.41, 5.74) is 0. The second kappa shape index (κ2) is 16.0. The summed E-state index contributed by atoms with van der Waals surface area (Å²) in [6, 6.07) is 0. The van der Waals surface area contributed by atoms with Crippen LogP contribution in [0.15, 0.2) is 0 Å². The first-order chi connectivity index (χ1) is 18.0. The van der Waals surface area contributed by atoms with Crippen molar-refractivity contribution in [1.29, 1.82) is 0 Å². The molecule has 38 heavy (non-hydrogen) atoms. The van der Waals surface area contributed by atoms with Crippen molar-refractivity contribution in [2.45, 2.75) is 120 Å². The summed E-state index contributed by atoms with van der Waals surface area (Å²) in [5.74, 6) is 0. The average molecular weight is 561 g/mol. The first-order valence-corrected chi connectivity index (χ1v) is 12.8. The summed E-state index contributed by atoms with van der Waals surface area (Å²) in [5, 5.41) is 90.4. The number of aliphatic hydroxyl groups excluding tert-OH is 9. The van der Waals surface area contributed by atoms with Gasteiger partial charge in [-0.05, 0) is 20.3 Å². The van der Waals surface area contributed by atoms with E-state index in [1.54, 1.807) is 0 Å². The summed E-state index contributed by atoms with van der Waals surface area (Å²) in [7, 11) is 0. The van der Waals surface area contributed by atoms with Gasteiger partial charge in [0.25, 0.3) is 0 Å². The lowest BCUT2D eigenvalue weighted by atomic mass is 9.96. The molecule has 226 valence electrons. The molecule has 2 fully saturated rings. The van der Waals surface area contributed by atoms with Gasteiger partial charge in [0.15, 0.2) is 18.9 Å². The highest BCUT2D eigenvalue weighted by Gasteiger charge is 2.52. The van der Waals surface area contributed by atoms with Gasteiger partial charge in [-0.2, -0.15) is 0 Å². The Morgan fingerprint density at radius 3 is 1.95 bits per heavy atom. The Balaban J connectivity index is 2.38. The van der Waals surface area contributed by atoms with Crippen LogP contribution in [-0.4, -0.2) is 158 Å². The normalized spacial score (nSPS) is 39.5. The minimum atomic E-state index is -1.81. The van der Waals surface area contributed by atoms with Crippen LogP contribution in [0.2, 0.25) is 0 Å². The fraction of sp³-hybridized carbons (Fsp3) is 1.00. The predicted molar refractivity (Wildman–Crippen MR) is 125 cm³/mol. The molecule has 2 aliphatic rings. The molecule has 6 unspecified atom stereocenters. The van der Waals surface area contributed by atoms with Gasteiger partial charge in [0.1, 0.15) is 61.0 Å². The molecule has 0 amide bonds. The van der Waals surface area contributed by atoms with Crippen LogP contribution in [0.3, 0.4) is 0 Å². The van der Waals surface area contributed by atoms with Crippen LogP contribution in [0.4, 0.5) is 0 Å². The minimum Gasteiger partial charge on any atom is -0.394 e. The molecule has 15 nitrogen and oxygen atoms in total. The molecular formula is C23H44O15. The maximum atomic E-state index is 11.0. The van der Waals surface area contributed by atoms with E-state index < -0.39 is 106 Å². The second-order valence-corrected chi connectivity index (χ2v) is 9.54. The van der Waals surface area contributed by atoms with E-state index in [-0.39, 0.29) is 6.61 Å². The number of hydrogen-bond donors (Lipinski definition) is 9. The fourth-order valence-corrected chi connectivity index (χ4v) is 4.02. The standard InChI is InChI=1S/C23H44O15/c1-4-5-6-33-23-20(38-21(10(2)27)34-11(3)12(28)7-24)19(16(30)14(9-26)36-23)37-22-18(32)17(31)15(29)13(8-25)35-22/h10-32H,4-9H2,1-3H3/t10?,11?,12-,13?,14?,15-,16-,17-,18?,19-,20?,21-,22-,23+/m0/s1. The van der Waals surface area contributed by atoms with Crippen LogP contribution < -0.4 is 0 Å². The molecule has 0 aromatic rings. The Hall–Kier alpha value is -0.600. The van der Waals surface area contributed by atoms with Crippen LogP contribution in [0.25, 0.3) is 0 Å². The Kier molecular flexibility index (Phi) is 14.1. The Morgan fingerprint density at radius 2 is 1.39 bits per heavy atom. The van der Waals surface area contributed by atoms with Crippen molar-refractivity contribution in [3.63, 3.8) is 0 Å². The predicted octanol–water partition coefficient (Wildman–Crippen LogP) is -4.08. The average Bonchev–Trinajstić information content (AvgIpc) is 2.90. The molecule has 0 aromatic carbocycles. The van der Waals surface area contributed by atoms with Crippen LogP contribution in [0.5, 0.6) is 0 Å². The van der Waals surface area contributed by atoms with Crippen molar-refractivity contribution in [2.24, 2.45) is 0 Å². The molecule has 2 rings (SSSR count). The zero-order chi connectivity index (χ0) is 28.6. The summed E-state index contributed by atoms with van der Waals surface area (Å²) < 4.78 is 34.2. The van der Waals surface area contributed by atoms with E-state index in [1.165, 1.54) is 13.8 Å². The van der Waals surface area contributed by atoms with Gasteiger partial charge < -0.3 is 74.4 Å². The van der Waals surface area contributed by atoms with Crippen LogP contribution in [0, 0.1) is 0 Å². The van der Waals surface area contributed by atoms with Gasteiger partial charge in [-0.25, -0.2) is 0 Å². The van der Waals surface area contributed by atoms with E-state index in [1.807, 2.05) is 6.92 Å². The summed E-state index contributed by atoms with van der Waals surface area (Å²) in [6.07, 6.45) is -18.9. The summed E-state index contributed by atoms with van der Waals surface area (Å²) in [4.78, 5) is 0. The zero-order valence-electron chi connectivity index (χ0n) is 21.8. The molecule has 0 saturated carbocycles. The first-order valence-electron chi connectivity index (χ1n) is 12.8. The molecule has 9 N–H and O–H groups in total. The molecule has 14 atom stereocenters.